The molecule has 1 heterocycles. The molecule has 7 heteroatoms. The summed E-state index contributed by atoms with van der Waals surface area (Å²) in [6, 6.07) is 3.35. The van der Waals surface area contributed by atoms with Crippen molar-refractivity contribution in [3.63, 3.8) is 0 Å². The van der Waals surface area contributed by atoms with Gasteiger partial charge in [-0.2, -0.15) is 0 Å². The van der Waals surface area contributed by atoms with Gasteiger partial charge in [0.15, 0.2) is 0 Å². The zero-order chi connectivity index (χ0) is 13.2. The predicted octanol–water partition coefficient (Wildman–Crippen LogP) is 0.0956. The van der Waals surface area contributed by atoms with Crippen molar-refractivity contribution in [3.8, 4) is 0 Å². The summed E-state index contributed by atoms with van der Waals surface area (Å²) in [5.74, 6) is -0.213. The van der Waals surface area contributed by atoms with E-state index >= 15 is 0 Å². The number of carboxylic acid groups (broad SMARTS) is 1. The molecule has 1 aromatic rings. The van der Waals surface area contributed by atoms with Gasteiger partial charge >= 0.3 is 6.09 Å². The van der Waals surface area contributed by atoms with Crippen LogP contribution in [0.1, 0.15) is 10.4 Å². The number of nitrogens with zero attached hydrogens (tertiary/aromatic N) is 1. The van der Waals surface area contributed by atoms with E-state index in [0.717, 1.165) is 0 Å². The molecule has 7 nitrogen and oxygen atoms in total. The normalized spacial score (nSPS) is 9.78. The number of carbonyl (C=O) groups is 2. The Bertz CT molecular complexity index is 383. The summed E-state index contributed by atoms with van der Waals surface area (Å²) in [5.41, 5.74) is 0.491. The van der Waals surface area contributed by atoms with Crippen LogP contribution in [0, 0.1) is 0 Å². The van der Waals surface area contributed by atoms with Gasteiger partial charge < -0.3 is 20.5 Å². The highest BCUT2D eigenvalue weighted by atomic mass is 16.5. The van der Waals surface area contributed by atoms with Gasteiger partial charge in [-0.25, -0.2) is 4.79 Å². The molecule has 0 aliphatic carbocycles. The maximum atomic E-state index is 11.5. The first-order valence-corrected chi connectivity index (χ1v) is 5.43. The van der Waals surface area contributed by atoms with Gasteiger partial charge in [-0.1, -0.05) is 0 Å². The van der Waals surface area contributed by atoms with Gasteiger partial charge in [-0.3, -0.25) is 9.78 Å². The van der Waals surface area contributed by atoms with Gasteiger partial charge in [0.1, 0.15) is 0 Å². The summed E-state index contributed by atoms with van der Waals surface area (Å²) in [5, 5.41) is 13.1. The van der Waals surface area contributed by atoms with Gasteiger partial charge in [0.25, 0.3) is 5.91 Å². The Kier molecular flexibility index (Phi) is 6.20. The lowest BCUT2D eigenvalue weighted by molar-refractivity contribution is 0.0916. The molecular formula is C11H15N3O4. The topological polar surface area (TPSA) is 101 Å². The number of hydrogen-bond donors (Lipinski definition) is 3. The average Bonchev–Trinajstić information content (AvgIpc) is 2.38. The van der Waals surface area contributed by atoms with Crippen molar-refractivity contribution >= 4 is 12.0 Å². The maximum absolute atomic E-state index is 11.5. The number of hydrogen-bond acceptors (Lipinski definition) is 4. The van der Waals surface area contributed by atoms with Gasteiger partial charge in [-0.15, -0.1) is 0 Å². The van der Waals surface area contributed by atoms with Gasteiger partial charge in [0.2, 0.25) is 0 Å². The number of pyridine rings is 1. The zero-order valence-corrected chi connectivity index (χ0v) is 9.76. The number of nitrogens with one attached hydrogen (secondary N) is 2. The molecule has 0 fully saturated rings. The fraction of sp³-hybridized carbons (Fsp3) is 0.364. The lowest BCUT2D eigenvalue weighted by Crippen LogP contribution is -2.29. The third-order valence-corrected chi connectivity index (χ3v) is 1.98. The van der Waals surface area contributed by atoms with Crippen LogP contribution >= 0.6 is 0 Å². The summed E-state index contributed by atoms with van der Waals surface area (Å²) >= 11 is 0. The standard InChI is InChI=1S/C11H15N3O4/c15-10(9-2-1-3-12-8-9)13-4-6-18-7-5-14-11(16)17/h1-3,8,14H,4-7H2,(H,13,15)(H,16,17). The molecule has 0 aliphatic rings. The number of amides is 2. The van der Waals surface area contributed by atoms with E-state index in [4.69, 9.17) is 9.84 Å². The van der Waals surface area contributed by atoms with E-state index in [0.29, 0.717) is 18.7 Å². The van der Waals surface area contributed by atoms with E-state index < -0.39 is 6.09 Å². The Hall–Kier alpha value is -2.15. The second kappa shape index (κ2) is 8.02. The van der Waals surface area contributed by atoms with Crippen LogP contribution in [-0.2, 0) is 4.74 Å². The molecule has 98 valence electrons. The highest BCUT2D eigenvalue weighted by Crippen LogP contribution is 1.94. The van der Waals surface area contributed by atoms with E-state index in [9.17, 15) is 9.59 Å². The van der Waals surface area contributed by atoms with Crippen molar-refractivity contribution in [2.75, 3.05) is 26.3 Å². The van der Waals surface area contributed by atoms with E-state index in [1.54, 1.807) is 18.3 Å². The number of aromatic nitrogens is 1. The maximum Gasteiger partial charge on any atom is 0.404 e. The van der Waals surface area contributed by atoms with Crippen LogP contribution in [0.3, 0.4) is 0 Å². The minimum Gasteiger partial charge on any atom is -0.465 e. The SMILES string of the molecule is O=C(O)NCCOCCNC(=O)c1cccnc1. The third kappa shape index (κ3) is 5.80. The lowest BCUT2D eigenvalue weighted by Gasteiger charge is -2.06. The second-order valence-electron chi connectivity index (χ2n) is 3.34. The van der Waals surface area contributed by atoms with E-state index in [1.165, 1.54) is 6.20 Å². The molecule has 0 aliphatic heterocycles. The molecule has 3 N–H and O–H groups in total. The highest BCUT2D eigenvalue weighted by molar-refractivity contribution is 5.93. The summed E-state index contributed by atoms with van der Waals surface area (Å²) in [7, 11) is 0. The molecule has 0 unspecified atom stereocenters. The Labute approximate surface area is 104 Å². The van der Waals surface area contributed by atoms with Crippen molar-refractivity contribution < 1.29 is 19.4 Å². The molecule has 0 spiro atoms. The molecule has 0 aromatic carbocycles. The van der Waals surface area contributed by atoms with Gasteiger partial charge in [0, 0.05) is 25.5 Å². The lowest BCUT2D eigenvalue weighted by atomic mass is 10.3. The van der Waals surface area contributed by atoms with Crippen LogP contribution in [0.4, 0.5) is 4.79 Å². The molecule has 1 rings (SSSR count). The van der Waals surface area contributed by atoms with Crippen molar-refractivity contribution in [1.29, 1.82) is 0 Å². The Balaban J connectivity index is 2.05. The molecule has 18 heavy (non-hydrogen) atoms. The summed E-state index contributed by atoms with van der Waals surface area (Å²) in [6.45, 7) is 1.19. The van der Waals surface area contributed by atoms with E-state index in [2.05, 4.69) is 15.6 Å². The molecule has 0 radical (unpaired) electrons. The van der Waals surface area contributed by atoms with Crippen LogP contribution in [0.5, 0.6) is 0 Å². The first-order valence-electron chi connectivity index (χ1n) is 5.43. The fourth-order valence-electron chi connectivity index (χ4n) is 1.17. The van der Waals surface area contributed by atoms with Crippen molar-refractivity contribution in [3.05, 3.63) is 30.1 Å². The Morgan fingerprint density at radius 3 is 2.61 bits per heavy atom. The number of ether oxygens (including phenoxy) is 1. The fourth-order valence-corrected chi connectivity index (χ4v) is 1.17. The minimum absolute atomic E-state index is 0.213. The van der Waals surface area contributed by atoms with Crippen molar-refractivity contribution in [2.45, 2.75) is 0 Å². The van der Waals surface area contributed by atoms with Gasteiger partial charge in [-0.05, 0) is 12.1 Å². The Morgan fingerprint density at radius 1 is 1.28 bits per heavy atom. The molecule has 0 atom stereocenters. The smallest absolute Gasteiger partial charge is 0.404 e. The second-order valence-corrected chi connectivity index (χ2v) is 3.34. The molecule has 1 aromatic heterocycles. The number of carbonyl (C=O) groups excluding carboxylic acids is 1. The number of rotatable bonds is 7. The molecule has 2 amide bonds. The van der Waals surface area contributed by atoms with E-state index in [-0.39, 0.29) is 19.1 Å². The zero-order valence-electron chi connectivity index (χ0n) is 9.76. The van der Waals surface area contributed by atoms with Crippen LogP contribution in [0.2, 0.25) is 0 Å². The average molecular weight is 253 g/mol. The third-order valence-electron chi connectivity index (χ3n) is 1.98. The summed E-state index contributed by atoms with van der Waals surface area (Å²) in [4.78, 5) is 25.5. The molecule has 0 saturated carbocycles. The molecular weight excluding hydrogens is 238 g/mol. The molecule has 0 bridgehead atoms. The van der Waals surface area contributed by atoms with Crippen LogP contribution < -0.4 is 10.6 Å². The highest BCUT2D eigenvalue weighted by Gasteiger charge is 2.03. The molecule has 0 saturated heterocycles. The first-order chi connectivity index (χ1) is 8.70. The minimum atomic E-state index is -1.08. The first kappa shape index (κ1) is 13.9. The predicted molar refractivity (Wildman–Crippen MR) is 63.4 cm³/mol. The van der Waals surface area contributed by atoms with E-state index in [1.807, 2.05) is 0 Å². The Morgan fingerprint density at radius 2 is 2.00 bits per heavy atom. The van der Waals surface area contributed by atoms with Gasteiger partial charge in [0.05, 0.1) is 18.8 Å². The largest absolute Gasteiger partial charge is 0.465 e. The van der Waals surface area contributed by atoms with Crippen molar-refractivity contribution in [2.24, 2.45) is 0 Å². The van der Waals surface area contributed by atoms with Crippen molar-refractivity contribution in [1.82, 2.24) is 15.6 Å². The van der Waals surface area contributed by atoms with Crippen LogP contribution in [-0.4, -0.2) is 48.4 Å². The summed E-state index contributed by atoms with van der Waals surface area (Å²) in [6.07, 6.45) is 1.99. The summed E-state index contributed by atoms with van der Waals surface area (Å²) < 4.78 is 5.11. The quantitative estimate of drug-likeness (QED) is 0.598. The monoisotopic (exact) mass is 253 g/mol. The van der Waals surface area contributed by atoms with Crippen LogP contribution in [0.25, 0.3) is 0 Å². The van der Waals surface area contributed by atoms with Crippen LogP contribution in [0.15, 0.2) is 24.5 Å².